The molecule has 0 atom stereocenters. The summed E-state index contributed by atoms with van der Waals surface area (Å²) in [5.74, 6) is -0.436. The van der Waals surface area contributed by atoms with E-state index < -0.39 is 0 Å². The van der Waals surface area contributed by atoms with Gasteiger partial charge in [0.15, 0.2) is 0 Å². The van der Waals surface area contributed by atoms with Crippen LogP contribution in [0.2, 0.25) is 0 Å². The first-order valence-electron chi connectivity index (χ1n) is 6.45. The molecule has 1 nitrogen and oxygen atoms in total. The lowest BCUT2D eigenvalue weighted by Gasteiger charge is -2.22. The fraction of sp³-hybridized carbons (Fsp3) is 0.250. The van der Waals surface area contributed by atoms with Crippen LogP contribution in [0.3, 0.4) is 0 Å². The van der Waals surface area contributed by atoms with Gasteiger partial charge in [0.1, 0.15) is 11.6 Å². The van der Waals surface area contributed by atoms with Crippen molar-refractivity contribution in [1.29, 1.82) is 0 Å². The van der Waals surface area contributed by atoms with Gasteiger partial charge in [0.05, 0.1) is 0 Å². The van der Waals surface area contributed by atoms with Crippen LogP contribution in [-0.2, 0) is 13.0 Å². The highest BCUT2D eigenvalue weighted by atomic mass is 35.5. The normalized spacial score (nSPS) is 13.6. The van der Waals surface area contributed by atoms with E-state index in [4.69, 9.17) is 0 Å². The third-order valence-electron chi connectivity index (χ3n) is 3.72. The van der Waals surface area contributed by atoms with Crippen LogP contribution in [0.15, 0.2) is 30.3 Å². The van der Waals surface area contributed by atoms with Crippen LogP contribution >= 0.6 is 12.4 Å². The van der Waals surface area contributed by atoms with Gasteiger partial charge in [0, 0.05) is 12.1 Å². The van der Waals surface area contributed by atoms with Gasteiger partial charge < -0.3 is 5.32 Å². The zero-order valence-electron chi connectivity index (χ0n) is 11.2. The van der Waals surface area contributed by atoms with Crippen molar-refractivity contribution in [2.45, 2.75) is 19.9 Å². The number of fused-ring (bicyclic) bond motifs is 1. The minimum absolute atomic E-state index is 0. The second-order valence-corrected chi connectivity index (χ2v) is 4.91. The van der Waals surface area contributed by atoms with Crippen molar-refractivity contribution in [3.05, 3.63) is 58.7 Å². The van der Waals surface area contributed by atoms with Crippen molar-refractivity contribution in [2.24, 2.45) is 0 Å². The smallest absolute Gasteiger partial charge is 0.131 e. The standard InChI is InChI=1S/C16H15F2N.ClH/c1-10-3-2-4-15(18)16(10)12-5-6-14(17)11-7-8-19-9-13(11)12;/h2-6,19H,7-9H2,1H3;1H. The Bertz CT molecular complexity index is 620. The first-order chi connectivity index (χ1) is 9.18. The SMILES string of the molecule is Cc1cccc(F)c1-c1ccc(F)c2c1CNCC2.Cl. The Hall–Kier alpha value is -1.45. The van der Waals surface area contributed by atoms with E-state index in [1.807, 2.05) is 13.0 Å². The lowest BCUT2D eigenvalue weighted by atomic mass is 9.89. The van der Waals surface area contributed by atoms with Crippen molar-refractivity contribution < 1.29 is 8.78 Å². The van der Waals surface area contributed by atoms with Crippen LogP contribution in [0.4, 0.5) is 8.78 Å². The predicted molar refractivity (Wildman–Crippen MR) is 79.2 cm³/mol. The Balaban J connectivity index is 0.00000147. The van der Waals surface area contributed by atoms with Crippen molar-refractivity contribution in [2.75, 3.05) is 6.54 Å². The van der Waals surface area contributed by atoms with Crippen molar-refractivity contribution >= 4 is 12.4 Å². The summed E-state index contributed by atoms with van der Waals surface area (Å²) >= 11 is 0. The van der Waals surface area contributed by atoms with Crippen LogP contribution < -0.4 is 5.32 Å². The molecule has 2 aromatic carbocycles. The van der Waals surface area contributed by atoms with E-state index >= 15 is 0 Å². The minimum atomic E-state index is -0.251. The molecule has 1 heterocycles. The average molecular weight is 296 g/mol. The zero-order chi connectivity index (χ0) is 13.4. The molecular weight excluding hydrogens is 280 g/mol. The molecule has 0 amide bonds. The number of halogens is 3. The first-order valence-corrected chi connectivity index (χ1v) is 6.45. The van der Waals surface area contributed by atoms with Crippen LogP contribution in [0, 0.1) is 18.6 Å². The number of hydrogen-bond donors (Lipinski definition) is 1. The summed E-state index contributed by atoms with van der Waals surface area (Å²) in [6.45, 7) is 3.24. The van der Waals surface area contributed by atoms with E-state index in [-0.39, 0.29) is 24.0 Å². The van der Waals surface area contributed by atoms with Gasteiger partial charge in [0.25, 0.3) is 0 Å². The molecule has 20 heavy (non-hydrogen) atoms. The van der Waals surface area contributed by atoms with Crippen LogP contribution in [0.25, 0.3) is 11.1 Å². The summed E-state index contributed by atoms with van der Waals surface area (Å²) in [6, 6.07) is 8.17. The summed E-state index contributed by atoms with van der Waals surface area (Å²) in [4.78, 5) is 0. The zero-order valence-corrected chi connectivity index (χ0v) is 12.0. The molecule has 106 valence electrons. The molecule has 1 aliphatic heterocycles. The highest BCUT2D eigenvalue weighted by molar-refractivity contribution is 5.85. The summed E-state index contributed by atoms with van der Waals surface area (Å²) in [6.07, 6.45) is 0.655. The maximum atomic E-state index is 14.1. The summed E-state index contributed by atoms with van der Waals surface area (Å²) in [7, 11) is 0. The van der Waals surface area contributed by atoms with Crippen molar-refractivity contribution in [3.8, 4) is 11.1 Å². The Morgan fingerprint density at radius 1 is 1.00 bits per heavy atom. The van der Waals surface area contributed by atoms with Gasteiger partial charge in [-0.05, 0) is 54.3 Å². The fourth-order valence-corrected chi connectivity index (χ4v) is 2.77. The predicted octanol–water partition coefficient (Wildman–Crippen LogP) is 4.01. The molecule has 0 unspecified atom stereocenters. The second kappa shape index (κ2) is 5.90. The van der Waals surface area contributed by atoms with Crippen LogP contribution in [0.1, 0.15) is 16.7 Å². The van der Waals surface area contributed by atoms with Gasteiger partial charge in [-0.25, -0.2) is 8.78 Å². The van der Waals surface area contributed by atoms with Gasteiger partial charge in [0.2, 0.25) is 0 Å². The molecule has 4 heteroatoms. The lowest BCUT2D eigenvalue weighted by Crippen LogP contribution is -2.25. The molecule has 0 aromatic heterocycles. The molecule has 1 aliphatic rings. The average Bonchev–Trinajstić information content (AvgIpc) is 2.41. The number of hydrogen-bond acceptors (Lipinski definition) is 1. The van der Waals surface area contributed by atoms with Crippen LogP contribution in [0.5, 0.6) is 0 Å². The third-order valence-corrected chi connectivity index (χ3v) is 3.72. The molecule has 0 saturated heterocycles. The number of rotatable bonds is 1. The van der Waals surface area contributed by atoms with E-state index in [9.17, 15) is 8.78 Å². The van der Waals surface area contributed by atoms with E-state index in [0.29, 0.717) is 18.5 Å². The molecule has 0 spiro atoms. The summed E-state index contributed by atoms with van der Waals surface area (Å²) in [5, 5.41) is 3.23. The molecule has 3 rings (SSSR count). The molecule has 0 aliphatic carbocycles. The highest BCUT2D eigenvalue weighted by Gasteiger charge is 2.20. The quantitative estimate of drug-likeness (QED) is 0.838. The summed E-state index contributed by atoms with van der Waals surface area (Å²) < 4.78 is 27.9. The van der Waals surface area contributed by atoms with Gasteiger partial charge in [-0.15, -0.1) is 12.4 Å². The molecule has 1 N–H and O–H groups in total. The van der Waals surface area contributed by atoms with Gasteiger partial charge >= 0.3 is 0 Å². The van der Waals surface area contributed by atoms with E-state index in [2.05, 4.69) is 5.32 Å². The number of benzene rings is 2. The molecule has 0 fully saturated rings. The van der Waals surface area contributed by atoms with Crippen molar-refractivity contribution in [3.63, 3.8) is 0 Å². The van der Waals surface area contributed by atoms with E-state index in [1.54, 1.807) is 12.1 Å². The Labute approximate surface area is 123 Å². The summed E-state index contributed by atoms with van der Waals surface area (Å²) in [5.41, 5.74) is 3.87. The monoisotopic (exact) mass is 295 g/mol. The van der Waals surface area contributed by atoms with Crippen LogP contribution in [-0.4, -0.2) is 6.54 Å². The minimum Gasteiger partial charge on any atom is -0.312 e. The molecular formula is C16H16ClF2N. The largest absolute Gasteiger partial charge is 0.312 e. The second-order valence-electron chi connectivity index (χ2n) is 4.91. The number of aryl methyl sites for hydroxylation is 1. The van der Waals surface area contributed by atoms with E-state index in [1.165, 1.54) is 12.1 Å². The molecule has 0 radical (unpaired) electrons. The van der Waals surface area contributed by atoms with Crippen molar-refractivity contribution in [1.82, 2.24) is 5.32 Å². The molecule has 0 bridgehead atoms. The molecule has 0 saturated carbocycles. The van der Waals surface area contributed by atoms with E-state index in [0.717, 1.165) is 28.8 Å². The Morgan fingerprint density at radius 2 is 1.80 bits per heavy atom. The van der Waals surface area contributed by atoms with Gasteiger partial charge in [-0.3, -0.25) is 0 Å². The lowest BCUT2D eigenvalue weighted by molar-refractivity contribution is 0.569. The van der Waals surface area contributed by atoms with Gasteiger partial charge in [-0.1, -0.05) is 18.2 Å². The fourth-order valence-electron chi connectivity index (χ4n) is 2.77. The maximum Gasteiger partial charge on any atom is 0.131 e. The first kappa shape index (κ1) is 14.9. The molecule has 2 aromatic rings. The maximum absolute atomic E-state index is 14.1. The highest BCUT2D eigenvalue weighted by Crippen LogP contribution is 2.33. The Morgan fingerprint density at radius 3 is 2.55 bits per heavy atom. The van der Waals surface area contributed by atoms with Gasteiger partial charge in [-0.2, -0.15) is 0 Å². The number of nitrogens with one attached hydrogen (secondary N) is 1. The third kappa shape index (κ3) is 2.43. The Kier molecular flexibility index (Phi) is 4.41. The topological polar surface area (TPSA) is 12.0 Å².